The topological polar surface area (TPSA) is 135 Å². The molecular weight excluding hydrogens is 598 g/mol. The van der Waals surface area contributed by atoms with E-state index in [2.05, 4.69) is 4.99 Å². The van der Waals surface area contributed by atoms with Crippen LogP contribution in [0.3, 0.4) is 0 Å². The van der Waals surface area contributed by atoms with Gasteiger partial charge in [-0.25, -0.2) is 4.99 Å². The van der Waals surface area contributed by atoms with Crippen LogP contribution >= 0.6 is 22.9 Å². The Morgan fingerprint density at radius 3 is 2.44 bits per heavy atom. The smallest absolute Gasteiger partial charge is 0.281 e. The summed E-state index contributed by atoms with van der Waals surface area (Å²) >= 11 is 7.08. The van der Waals surface area contributed by atoms with Crippen molar-refractivity contribution < 1.29 is 28.3 Å². The van der Waals surface area contributed by atoms with E-state index in [9.17, 15) is 19.7 Å². The molecule has 2 aromatic heterocycles. The average molecular weight is 624 g/mol. The van der Waals surface area contributed by atoms with Crippen molar-refractivity contribution in [2.75, 3.05) is 21.3 Å². The monoisotopic (exact) mass is 623 g/mol. The first-order valence-corrected chi connectivity index (χ1v) is 14.2. The molecular formula is C30H26ClN3O8S. The largest absolute Gasteiger partial charge is 0.493 e. The lowest BCUT2D eigenvalue weighted by atomic mass is 9.91. The number of methoxy groups -OCH3 is 3. The summed E-state index contributed by atoms with van der Waals surface area (Å²) in [5.74, 6) is 1.50. The Kier molecular flexibility index (Phi) is 8.25. The van der Waals surface area contributed by atoms with Crippen molar-refractivity contribution in [1.29, 1.82) is 0 Å². The number of fused-ring (bicyclic) bond motifs is 1. The molecule has 1 unspecified atom stereocenters. The number of nitrogens with zero attached hydrogens (tertiary/aromatic N) is 3. The summed E-state index contributed by atoms with van der Waals surface area (Å²) in [5, 5.41) is 11.8. The highest BCUT2D eigenvalue weighted by Crippen LogP contribution is 2.42. The number of furan rings is 1. The third-order valence-corrected chi connectivity index (χ3v) is 8.19. The van der Waals surface area contributed by atoms with Gasteiger partial charge in [0.15, 0.2) is 22.1 Å². The van der Waals surface area contributed by atoms with Crippen LogP contribution in [0.4, 0.5) is 5.69 Å². The molecule has 4 aromatic rings. The highest BCUT2D eigenvalue weighted by Gasteiger charge is 2.33. The van der Waals surface area contributed by atoms with Gasteiger partial charge >= 0.3 is 0 Å². The van der Waals surface area contributed by atoms with Crippen LogP contribution in [-0.4, -0.2) is 36.6 Å². The number of hydrogen-bond donors (Lipinski definition) is 0. The minimum atomic E-state index is -0.816. The first-order chi connectivity index (χ1) is 20.6. The maximum Gasteiger partial charge on any atom is 0.281 e. The molecule has 1 atom stereocenters. The molecule has 13 heteroatoms. The normalized spacial score (nSPS) is 14.7. The van der Waals surface area contributed by atoms with E-state index in [1.807, 2.05) is 0 Å². The molecule has 0 N–H and O–H groups in total. The van der Waals surface area contributed by atoms with Crippen molar-refractivity contribution in [2.45, 2.75) is 26.3 Å². The molecule has 43 heavy (non-hydrogen) atoms. The third-order valence-electron chi connectivity index (χ3n) is 6.97. The van der Waals surface area contributed by atoms with Crippen molar-refractivity contribution in [2.24, 2.45) is 4.99 Å². The Labute approximate surface area is 254 Å². The van der Waals surface area contributed by atoms with Gasteiger partial charge in [-0.1, -0.05) is 29.9 Å². The van der Waals surface area contributed by atoms with Gasteiger partial charge < -0.3 is 18.6 Å². The first-order valence-electron chi connectivity index (χ1n) is 13.0. The van der Waals surface area contributed by atoms with Crippen molar-refractivity contribution >= 4 is 40.5 Å². The highest BCUT2D eigenvalue weighted by molar-refractivity contribution is 7.07. The zero-order valence-electron chi connectivity index (χ0n) is 23.8. The van der Waals surface area contributed by atoms with E-state index in [0.29, 0.717) is 49.2 Å². The molecule has 2 aromatic carbocycles. The highest BCUT2D eigenvalue weighted by atomic mass is 35.5. The molecule has 3 heterocycles. The molecule has 0 fully saturated rings. The van der Waals surface area contributed by atoms with Crippen LogP contribution in [-0.2, 0) is 4.79 Å². The third kappa shape index (κ3) is 5.35. The predicted molar refractivity (Wildman–Crippen MR) is 161 cm³/mol. The number of ether oxygens (including phenoxy) is 3. The van der Waals surface area contributed by atoms with E-state index < -0.39 is 16.5 Å². The van der Waals surface area contributed by atoms with Crippen LogP contribution < -0.4 is 29.1 Å². The van der Waals surface area contributed by atoms with Gasteiger partial charge in [0.05, 0.1) is 42.4 Å². The molecule has 0 bridgehead atoms. The lowest BCUT2D eigenvalue weighted by Gasteiger charge is -2.26. The summed E-state index contributed by atoms with van der Waals surface area (Å²) in [6, 6.07) is 10.1. The Bertz CT molecular complexity index is 1960. The number of ketones is 1. The summed E-state index contributed by atoms with van der Waals surface area (Å²) in [6.07, 6.45) is 1.75. The minimum absolute atomic E-state index is 0.158. The van der Waals surface area contributed by atoms with Gasteiger partial charge in [0.2, 0.25) is 5.75 Å². The Hall–Kier alpha value is -4.68. The quantitative estimate of drug-likeness (QED) is 0.186. The SMILES string of the molecule is CCC(=O)C1=C(C)N=c2s/c(=C\c3ccc(-c4ccc(Cl)cc4[N+](=O)[O-])o3)c(=O)n2C1c1cc(OC)c(OC)c(OC)c1. The Morgan fingerprint density at radius 1 is 1.14 bits per heavy atom. The predicted octanol–water partition coefficient (Wildman–Crippen LogP) is 5.06. The van der Waals surface area contributed by atoms with Crippen LogP contribution in [0.25, 0.3) is 17.4 Å². The number of rotatable bonds is 9. The van der Waals surface area contributed by atoms with Crippen molar-refractivity contribution in [3.63, 3.8) is 0 Å². The van der Waals surface area contributed by atoms with E-state index in [0.717, 1.165) is 11.3 Å². The lowest BCUT2D eigenvalue weighted by molar-refractivity contribution is -0.384. The number of allylic oxidation sites excluding steroid dienone is 2. The van der Waals surface area contributed by atoms with Gasteiger partial charge in [-0.2, -0.15) is 0 Å². The molecule has 11 nitrogen and oxygen atoms in total. The number of nitro groups is 1. The van der Waals surface area contributed by atoms with Crippen LogP contribution in [0.2, 0.25) is 5.02 Å². The molecule has 0 spiro atoms. The number of hydrogen-bond acceptors (Lipinski definition) is 10. The molecule has 222 valence electrons. The van der Waals surface area contributed by atoms with E-state index >= 15 is 0 Å². The van der Waals surface area contributed by atoms with E-state index in [1.165, 1.54) is 44.1 Å². The summed E-state index contributed by atoms with van der Waals surface area (Å²) in [4.78, 5) is 43.3. The number of carbonyl (C=O) groups excluding carboxylic acids is 1. The molecule has 1 aliphatic heterocycles. The van der Waals surface area contributed by atoms with Gasteiger partial charge in [-0.15, -0.1) is 0 Å². The van der Waals surface area contributed by atoms with Crippen LogP contribution in [0.5, 0.6) is 17.2 Å². The number of aromatic nitrogens is 1. The van der Waals surface area contributed by atoms with E-state index in [4.69, 9.17) is 30.2 Å². The fraction of sp³-hybridized carbons (Fsp3) is 0.233. The van der Waals surface area contributed by atoms with Gasteiger partial charge in [0.1, 0.15) is 11.5 Å². The van der Waals surface area contributed by atoms with Crippen molar-refractivity contribution in [3.05, 3.63) is 99.9 Å². The molecule has 0 amide bonds. The van der Waals surface area contributed by atoms with Crippen molar-refractivity contribution in [1.82, 2.24) is 4.57 Å². The zero-order valence-corrected chi connectivity index (χ0v) is 25.4. The second kappa shape index (κ2) is 11.9. The second-order valence-electron chi connectivity index (χ2n) is 9.44. The van der Waals surface area contributed by atoms with Crippen LogP contribution in [0.15, 0.2) is 67.9 Å². The first kappa shape index (κ1) is 29.8. The average Bonchev–Trinajstić information content (AvgIpc) is 3.58. The number of halogens is 1. The summed E-state index contributed by atoms with van der Waals surface area (Å²) < 4.78 is 24.2. The van der Waals surface area contributed by atoms with Crippen molar-refractivity contribution in [3.8, 4) is 28.6 Å². The second-order valence-corrected chi connectivity index (χ2v) is 10.9. The lowest BCUT2D eigenvalue weighted by Crippen LogP contribution is -2.39. The maximum atomic E-state index is 14.0. The number of nitro benzene ring substituents is 1. The number of benzene rings is 2. The molecule has 1 aliphatic rings. The summed E-state index contributed by atoms with van der Waals surface area (Å²) in [6.45, 7) is 3.49. The maximum absolute atomic E-state index is 14.0. The van der Waals surface area contributed by atoms with Gasteiger partial charge in [0, 0.05) is 34.9 Å². The number of thiazole rings is 1. The van der Waals surface area contributed by atoms with E-state index in [1.54, 1.807) is 44.2 Å². The molecule has 0 aliphatic carbocycles. The van der Waals surface area contributed by atoms with Crippen LogP contribution in [0.1, 0.15) is 37.6 Å². The van der Waals surface area contributed by atoms with E-state index in [-0.39, 0.29) is 34.2 Å². The fourth-order valence-electron chi connectivity index (χ4n) is 5.01. The molecule has 0 saturated heterocycles. The van der Waals surface area contributed by atoms with Gasteiger partial charge in [-0.05, 0) is 48.9 Å². The number of carbonyl (C=O) groups is 1. The molecule has 5 rings (SSSR count). The standard InChI is InChI=1S/C30H26ClN3O8S/c1-6-21(35)26-15(2)32-30-33(27(26)16-11-23(39-3)28(41-5)24(12-16)40-4)29(36)25(43-30)14-18-8-10-22(42-18)19-9-7-17(31)13-20(19)34(37)38/h7-14,27H,6H2,1-5H3/b25-14-. The summed E-state index contributed by atoms with van der Waals surface area (Å²) in [5.41, 5.74) is 1.09. The Balaban J connectivity index is 1.69. The number of Topliss-reactive ketones (excluding diaryl/α,β-unsaturated/α-hetero) is 1. The minimum Gasteiger partial charge on any atom is -0.493 e. The van der Waals surface area contributed by atoms with Crippen LogP contribution in [0, 0.1) is 10.1 Å². The zero-order chi connectivity index (χ0) is 31.0. The van der Waals surface area contributed by atoms with Gasteiger partial charge in [-0.3, -0.25) is 24.3 Å². The summed E-state index contributed by atoms with van der Waals surface area (Å²) in [7, 11) is 4.47. The molecule has 0 saturated carbocycles. The van der Waals surface area contributed by atoms with Gasteiger partial charge in [0.25, 0.3) is 11.2 Å². The Morgan fingerprint density at radius 2 is 1.84 bits per heavy atom. The molecule has 0 radical (unpaired) electrons. The fourth-order valence-corrected chi connectivity index (χ4v) is 6.20.